The Morgan fingerprint density at radius 2 is 2.43 bits per heavy atom. The number of hydrogen-bond acceptors (Lipinski definition) is 3. The third kappa shape index (κ3) is 1.79. The van der Waals surface area contributed by atoms with Gasteiger partial charge < -0.3 is 10.5 Å². The summed E-state index contributed by atoms with van der Waals surface area (Å²) in [6.45, 7) is 2.81. The van der Waals surface area contributed by atoms with Crippen LogP contribution in [0.25, 0.3) is 0 Å². The molecule has 2 rings (SSSR count). The van der Waals surface area contributed by atoms with Gasteiger partial charge in [-0.2, -0.15) is 0 Å². The lowest BCUT2D eigenvalue weighted by molar-refractivity contribution is -0.000442. The lowest BCUT2D eigenvalue weighted by atomic mass is 9.96. The molecule has 0 radical (unpaired) electrons. The first-order chi connectivity index (χ1) is 6.79. The van der Waals surface area contributed by atoms with E-state index in [2.05, 4.69) is 11.1 Å². The second-order valence-corrected chi connectivity index (χ2v) is 3.78. The van der Waals surface area contributed by atoms with Crippen LogP contribution in [0.15, 0.2) is 18.3 Å². The van der Waals surface area contributed by atoms with Gasteiger partial charge in [-0.1, -0.05) is 6.07 Å². The van der Waals surface area contributed by atoms with Gasteiger partial charge in [0, 0.05) is 30.1 Å². The van der Waals surface area contributed by atoms with Gasteiger partial charge in [0.15, 0.2) is 0 Å². The molecule has 2 heterocycles. The van der Waals surface area contributed by atoms with Crippen LogP contribution >= 0.6 is 0 Å². The van der Waals surface area contributed by atoms with E-state index >= 15 is 0 Å². The van der Waals surface area contributed by atoms with E-state index in [1.54, 1.807) is 6.20 Å². The largest absolute Gasteiger partial charge is 0.372 e. The van der Waals surface area contributed by atoms with Crippen LogP contribution in [0, 0.1) is 6.92 Å². The van der Waals surface area contributed by atoms with Crippen molar-refractivity contribution in [2.45, 2.75) is 31.9 Å². The first kappa shape index (κ1) is 9.62. The summed E-state index contributed by atoms with van der Waals surface area (Å²) >= 11 is 0. The Morgan fingerprint density at radius 3 is 3.14 bits per heavy atom. The molecule has 0 aromatic carbocycles. The maximum atomic E-state index is 6.03. The number of nitrogens with zero attached hydrogens (tertiary/aromatic N) is 1. The van der Waals surface area contributed by atoms with Gasteiger partial charge in [0.1, 0.15) is 0 Å². The SMILES string of the molecule is Cc1ncccc1[C@H]1OCCC[C@@H]1N. The second kappa shape index (κ2) is 4.07. The molecular weight excluding hydrogens is 176 g/mol. The molecule has 0 amide bonds. The fraction of sp³-hybridized carbons (Fsp3) is 0.545. The Labute approximate surface area is 84.3 Å². The highest BCUT2D eigenvalue weighted by Gasteiger charge is 2.25. The van der Waals surface area contributed by atoms with Gasteiger partial charge in [0.25, 0.3) is 0 Å². The van der Waals surface area contributed by atoms with Crippen molar-refractivity contribution in [2.75, 3.05) is 6.61 Å². The Morgan fingerprint density at radius 1 is 1.57 bits per heavy atom. The minimum atomic E-state index is 0.0393. The average Bonchev–Trinajstić information content (AvgIpc) is 2.20. The topological polar surface area (TPSA) is 48.1 Å². The van der Waals surface area contributed by atoms with Gasteiger partial charge in [0.2, 0.25) is 0 Å². The van der Waals surface area contributed by atoms with E-state index in [9.17, 15) is 0 Å². The number of nitrogens with two attached hydrogens (primary N) is 1. The van der Waals surface area contributed by atoms with E-state index in [1.165, 1.54) is 0 Å². The van der Waals surface area contributed by atoms with Crippen LogP contribution in [-0.4, -0.2) is 17.6 Å². The van der Waals surface area contributed by atoms with E-state index < -0.39 is 0 Å². The van der Waals surface area contributed by atoms with Crippen molar-refractivity contribution in [2.24, 2.45) is 5.73 Å². The van der Waals surface area contributed by atoms with Crippen molar-refractivity contribution >= 4 is 0 Å². The van der Waals surface area contributed by atoms with Gasteiger partial charge in [-0.05, 0) is 25.8 Å². The van der Waals surface area contributed by atoms with Crippen molar-refractivity contribution in [1.82, 2.24) is 4.98 Å². The Bertz CT molecular complexity index is 314. The second-order valence-electron chi connectivity index (χ2n) is 3.78. The van der Waals surface area contributed by atoms with Gasteiger partial charge >= 0.3 is 0 Å². The normalized spacial score (nSPS) is 27.6. The molecule has 76 valence electrons. The molecule has 3 nitrogen and oxygen atoms in total. The molecule has 0 unspecified atom stereocenters. The summed E-state index contributed by atoms with van der Waals surface area (Å²) in [5.74, 6) is 0. The van der Waals surface area contributed by atoms with Crippen LogP contribution in [0.5, 0.6) is 0 Å². The molecule has 1 aromatic heterocycles. The number of pyridine rings is 1. The lowest BCUT2D eigenvalue weighted by Crippen LogP contribution is -2.34. The molecule has 1 aliphatic heterocycles. The standard InChI is InChI=1S/C11H16N2O/c1-8-9(4-2-6-13-8)11-10(12)5-3-7-14-11/h2,4,6,10-11H,3,5,7,12H2,1H3/t10-,11+/m0/s1. The van der Waals surface area contributed by atoms with Gasteiger partial charge in [-0.15, -0.1) is 0 Å². The highest BCUT2D eigenvalue weighted by molar-refractivity contribution is 5.23. The fourth-order valence-corrected chi connectivity index (χ4v) is 1.92. The monoisotopic (exact) mass is 192 g/mol. The summed E-state index contributed by atoms with van der Waals surface area (Å²) in [5.41, 5.74) is 8.19. The number of aromatic nitrogens is 1. The summed E-state index contributed by atoms with van der Waals surface area (Å²) in [4.78, 5) is 4.25. The predicted molar refractivity (Wildman–Crippen MR) is 54.9 cm³/mol. The smallest absolute Gasteiger partial charge is 0.0993 e. The van der Waals surface area contributed by atoms with Crippen LogP contribution in [0.1, 0.15) is 30.2 Å². The molecule has 0 spiro atoms. The zero-order valence-electron chi connectivity index (χ0n) is 8.44. The quantitative estimate of drug-likeness (QED) is 0.734. The summed E-state index contributed by atoms with van der Waals surface area (Å²) in [6, 6.07) is 4.11. The Balaban J connectivity index is 2.25. The van der Waals surface area contributed by atoms with Crippen LogP contribution < -0.4 is 5.73 Å². The molecular formula is C11H16N2O. The van der Waals surface area contributed by atoms with Gasteiger partial charge in [0.05, 0.1) is 6.10 Å². The molecule has 14 heavy (non-hydrogen) atoms. The third-order valence-electron chi connectivity index (χ3n) is 2.72. The zero-order chi connectivity index (χ0) is 9.97. The number of aryl methyl sites for hydroxylation is 1. The first-order valence-electron chi connectivity index (χ1n) is 5.08. The minimum Gasteiger partial charge on any atom is -0.372 e. The molecule has 0 bridgehead atoms. The average molecular weight is 192 g/mol. The van der Waals surface area contributed by atoms with E-state index in [0.29, 0.717) is 0 Å². The summed E-state index contributed by atoms with van der Waals surface area (Å²) in [7, 11) is 0. The number of rotatable bonds is 1. The molecule has 1 aliphatic rings. The van der Waals surface area contributed by atoms with E-state index in [0.717, 1.165) is 30.7 Å². The summed E-state index contributed by atoms with van der Waals surface area (Å²) < 4.78 is 5.69. The van der Waals surface area contributed by atoms with Crippen LogP contribution in [0.2, 0.25) is 0 Å². The molecule has 2 N–H and O–H groups in total. The van der Waals surface area contributed by atoms with Crippen LogP contribution in [0.3, 0.4) is 0 Å². The molecule has 0 aliphatic carbocycles. The first-order valence-corrected chi connectivity index (χ1v) is 5.08. The molecule has 3 heteroatoms. The molecule has 1 aromatic rings. The Kier molecular flexibility index (Phi) is 2.79. The van der Waals surface area contributed by atoms with Crippen LogP contribution in [-0.2, 0) is 4.74 Å². The van der Waals surface area contributed by atoms with E-state index in [4.69, 9.17) is 10.5 Å². The van der Waals surface area contributed by atoms with Crippen LogP contribution in [0.4, 0.5) is 0 Å². The lowest BCUT2D eigenvalue weighted by Gasteiger charge is -2.29. The van der Waals surface area contributed by atoms with Gasteiger partial charge in [-0.25, -0.2) is 0 Å². The summed E-state index contributed by atoms with van der Waals surface area (Å²) in [5, 5.41) is 0. The Hall–Kier alpha value is -0.930. The van der Waals surface area contributed by atoms with Crippen molar-refractivity contribution in [1.29, 1.82) is 0 Å². The van der Waals surface area contributed by atoms with Crippen molar-refractivity contribution in [3.63, 3.8) is 0 Å². The van der Waals surface area contributed by atoms with Crippen molar-refractivity contribution in [3.8, 4) is 0 Å². The van der Waals surface area contributed by atoms with Crippen molar-refractivity contribution in [3.05, 3.63) is 29.6 Å². The molecule has 1 fully saturated rings. The fourth-order valence-electron chi connectivity index (χ4n) is 1.92. The summed E-state index contributed by atoms with van der Waals surface area (Å²) in [6.07, 6.45) is 3.95. The highest BCUT2D eigenvalue weighted by atomic mass is 16.5. The number of hydrogen-bond donors (Lipinski definition) is 1. The maximum Gasteiger partial charge on any atom is 0.0993 e. The highest BCUT2D eigenvalue weighted by Crippen LogP contribution is 2.28. The van der Waals surface area contributed by atoms with Crippen molar-refractivity contribution < 1.29 is 4.74 Å². The molecule has 2 atom stereocenters. The maximum absolute atomic E-state index is 6.03. The molecule has 1 saturated heterocycles. The predicted octanol–water partition coefficient (Wildman–Crippen LogP) is 1.57. The van der Waals surface area contributed by atoms with E-state index in [1.807, 2.05) is 13.0 Å². The van der Waals surface area contributed by atoms with Gasteiger partial charge in [-0.3, -0.25) is 4.98 Å². The zero-order valence-corrected chi connectivity index (χ0v) is 8.44. The van der Waals surface area contributed by atoms with E-state index in [-0.39, 0.29) is 12.1 Å². The molecule has 0 saturated carbocycles. The third-order valence-corrected chi connectivity index (χ3v) is 2.72. The number of ether oxygens (including phenoxy) is 1. The minimum absolute atomic E-state index is 0.0393.